The van der Waals surface area contributed by atoms with E-state index < -0.39 is 0 Å². The maximum Gasteiger partial charge on any atom is 0.224 e. The van der Waals surface area contributed by atoms with E-state index in [2.05, 4.69) is 21.4 Å². The number of benzene rings is 2. The van der Waals surface area contributed by atoms with Crippen molar-refractivity contribution >= 4 is 5.91 Å². The number of nitrogens with one attached hydrogen (secondary N) is 1. The molecule has 1 amide bonds. The van der Waals surface area contributed by atoms with Gasteiger partial charge in [0.2, 0.25) is 5.91 Å². The van der Waals surface area contributed by atoms with Gasteiger partial charge >= 0.3 is 0 Å². The van der Waals surface area contributed by atoms with Crippen molar-refractivity contribution < 1.29 is 9.53 Å². The Morgan fingerprint density at radius 1 is 1.14 bits per heavy atom. The second-order valence-corrected chi connectivity index (χ2v) is 7.34. The van der Waals surface area contributed by atoms with E-state index in [1.807, 2.05) is 74.4 Å². The molecular formula is C23H28N4O2. The molecule has 6 heteroatoms. The summed E-state index contributed by atoms with van der Waals surface area (Å²) < 4.78 is 7.22. The van der Waals surface area contributed by atoms with E-state index in [1.54, 1.807) is 7.11 Å². The minimum absolute atomic E-state index is 0.0309. The zero-order valence-electron chi connectivity index (χ0n) is 17.5. The lowest BCUT2D eigenvalue weighted by Gasteiger charge is -2.09. The first-order chi connectivity index (χ1) is 14.0. The van der Waals surface area contributed by atoms with Gasteiger partial charge in [0.15, 0.2) is 0 Å². The SMILES string of the molecule is COc1ccccc1CC(=O)NCc1ccc(-c2cc(CN(C)C)n(C)n2)cc1. The lowest BCUT2D eigenvalue weighted by Crippen LogP contribution is -2.24. The molecule has 0 atom stereocenters. The number of aromatic nitrogens is 2. The smallest absolute Gasteiger partial charge is 0.224 e. The molecule has 0 fully saturated rings. The van der Waals surface area contributed by atoms with E-state index in [9.17, 15) is 4.79 Å². The van der Waals surface area contributed by atoms with E-state index >= 15 is 0 Å². The van der Waals surface area contributed by atoms with Gasteiger partial charge in [-0.25, -0.2) is 0 Å². The number of nitrogens with zero attached hydrogens (tertiary/aromatic N) is 3. The molecule has 1 N–H and O–H groups in total. The molecule has 0 spiro atoms. The third-order valence-corrected chi connectivity index (χ3v) is 4.74. The number of hydrogen-bond donors (Lipinski definition) is 1. The van der Waals surface area contributed by atoms with E-state index in [-0.39, 0.29) is 5.91 Å². The molecule has 0 saturated carbocycles. The first-order valence-corrected chi connectivity index (χ1v) is 9.62. The Hall–Kier alpha value is -3.12. The number of methoxy groups -OCH3 is 1. The summed E-state index contributed by atoms with van der Waals surface area (Å²) in [7, 11) is 7.67. The van der Waals surface area contributed by atoms with Gasteiger partial charge in [-0.05, 0) is 31.8 Å². The maximum atomic E-state index is 12.3. The van der Waals surface area contributed by atoms with Crippen molar-refractivity contribution in [3.05, 3.63) is 71.4 Å². The zero-order chi connectivity index (χ0) is 20.8. The predicted molar refractivity (Wildman–Crippen MR) is 115 cm³/mol. The molecular weight excluding hydrogens is 364 g/mol. The van der Waals surface area contributed by atoms with Gasteiger partial charge in [-0.15, -0.1) is 0 Å². The molecule has 0 saturated heterocycles. The van der Waals surface area contributed by atoms with Gasteiger partial charge in [0.1, 0.15) is 5.75 Å². The molecule has 1 heterocycles. The van der Waals surface area contributed by atoms with E-state index in [4.69, 9.17) is 4.74 Å². The molecule has 0 aliphatic rings. The number of aryl methyl sites for hydroxylation is 1. The Labute approximate surface area is 172 Å². The van der Waals surface area contributed by atoms with Crippen molar-refractivity contribution in [1.29, 1.82) is 0 Å². The quantitative estimate of drug-likeness (QED) is 0.640. The molecule has 0 aliphatic carbocycles. The Kier molecular flexibility index (Phi) is 6.67. The van der Waals surface area contributed by atoms with Crippen molar-refractivity contribution in [1.82, 2.24) is 20.0 Å². The van der Waals surface area contributed by atoms with Gasteiger partial charge in [-0.2, -0.15) is 5.10 Å². The van der Waals surface area contributed by atoms with Crippen LogP contribution in [0.2, 0.25) is 0 Å². The van der Waals surface area contributed by atoms with Gasteiger partial charge in [0, 0.05) is 31.3 Å². The first kappa shape index (κ1) is 20.6. The third kappa shape index (κ3) is 5.45. The highest BCUT2D eigenvalue weighted by Crippen LogP contribution is 2.20. The second kappa shape index (κ2) is 9.39. The number of ether oxygens (including phenoxy) is 1. The minimum atomic E-state index is -0.0309. The van der Waals surface area contributed by atoms with Crippen LogP contribution in [0.25, 0.3) is 11.3 Å². The fraction of sp³-hybridized carbons (Fsp3) is 0.304. The van der Waals surface area contributed by atoms with Crippen LogP contribution in [0.3, 0.4) is 0 Å². The Balaban J connectivity index is 1.59. The average molecular weight is 393 g/mol. The van der Waals surface area contributed by atoms with Crippen molar-refractivity contribution in [2.45, 2.75) is 19.5 Å². The summed E-state index contributed by atoms with van der Waals surface area (Å²) in [6, 6.07) is 17.8. The van der Waals surface area contributed by atoms with Gasteiger partial charge in [0.25, 0.3) is 0 Å². The molecule has 2 aromatic carbocycles. The van der Waals surface area contributed by atoms with Gasteiger partial charge < -0.3 is 15.0 Å². The van der Waals surface area contributed by atoms with Crippen LogP contribution in [0, 0.1) is 0 Å². The number of amides is 1. The first-order valence-electron chi connectivity index (χ1n) is 9.62. The van der Waals surface area contributed by atoms with Gasteiger partial charge in [-0.3, -0.25) is 9.48 Å². The number of rotatable bonds is 8. The lowest BCUT2D eigenvalue weighted by atomic mass is 10.1. The molecule has 152 valence electrons. The van der Waals surface area contributed by atoms with E-state index in [1.165, 1.54) is 0 Å². The zero-order valence-corrected chi connectivity index (χ0v) is 17.5. The van der Waals surface area contributed by atoms with E-state index in [0.29, 0.717) is 13.0 Å². The number of para-hydroxylation sites is 1. The number of hydrogen-bond acceptors (Lipinski definition) is 4. The van der Waals surface area contributed by atoms with Crippen LogP contribution < -0.4 is 10.1 Å². The Morgan fingerprint density at radius 2 is 1.86 bits per heavy atom. The van der Waals surface area contributed by atoms with Crippen molar-refractivity contribution in [2.24, 2.45) is 7.05 Å². The molecule has 6 nitrogen and oxygen atoms in total. The molecule has 0 aliphatic heterocycles. The van der Waals surface area contributed by atoms with Crippen LogP contribution in [0.1, 0.15) is 16.8 Å². The van der Waals surface area contributed by atoms with E-state index in [0.717, 1.165) is 40.4 Å². The highest BCUT2D eigenvalue weighted by molar-refractivity contribution is 5.79. The molecule has 0 bridgehead atoms. The second-order valence-electron chi connectivity index (χ2n) is 7.34. The average Bonchev–Trinajstić information content (AvgIpc) is 3.07. The summed E-state index contributed by atoms with van der Waals surface area (Å²) >= 11 is 0. The van der Waals surface area contributed by atoms with Crippen LogP contribution >= 0.6 is 0 Å². The highest BCUT2D eigenvalue weighted by Gasteiger charge is 2.10. The minimum Gasteiger partial charge on any atom is -0.496 e. The molecule has 1 aromatic heterocycles. The maximum absolute atomic E-state index is 12.3. The van der Waals surface area contributed by atoms with Gasteiger partial charge in [-0.1, -0.05) is 42.5 Å². The summed E-state index contributed by atoms with van der Waals surface area (Å²) in [4.78, 5) is 14.4. The highest BCUT2D eigenvalue weighted by atomic mass is 16.5. The van der Waals surface area contributed by atoms with Crippen LogP contribution in [-0.2, 0) is 31.4 Å². The number of carbonyl (C=O) groups is 1. The van der Waals surface area contributed by atoms with Crippen LogP contribution in [0.4, 0.5) is 0 Å². The lowest BCUT2D eigenvalue weighted by molar-refractivity contribution is -0.120. The topological polar surface area (TPSA) is 59.4 Å². The Morgan fingerprint density at radius 3 is 2.55 bits per heavy atom. The molecule has 3 aromatic rings. The molecule has 3 rings (SSSR count). The summed E-state index contributed by atoms with van der Waals surface area (Å²) in [6.07, 6.45) is 0.296. The summed E-state index contributed by atoms with van der Waals surface area (Å²) in [5.41, 5.74) is 5.11. The summed E-state index contributed by atoms with van der Waals surface area (Å²) in [5, 5.41) is 7.58. The van der Waals surface area contributed by atoms with Crippen LogP contribution in [0.15, 0.2) is 54.6 Å². The third-order valence-electron chi connectivity index (χ3n) is 4.74. The monoisotopic (exact) mass is 392 g/mol. The largest absolute Gasteiger partial charge is 0.496 e. The van der Waals surface area contributed by atoms with Crippen LogP contribution in [0.5, 0.6) is 5.75 Å². The Bertz CT molecular complexity index is 961. The molecule has 0 radical (unpaired) electrons. The fourth-order valence-electron chi connectivity index (χ4n) is 3.20. The number of carbonyl (C=O) groups excluding carboxylic acids is 1. The normalized spacial score (nSPS) is 10.9. The van der Waals surface area contributed by atoms with Crippen molar-refractivity contribution in [3.8, 4) is 17.0 Å². The van der Waals surface area contributed by atoms with Crippen molar-refractivity contribution in [3.63, 3.8) is 0 Å². The van der Waals surface area contributed by atoms with Crippen LogP contribution in [-0.4, -0.2) is 41.8 Å². The van der Waals surface area contributed by atoms with Crippen molar-refractivity contribution in [2.75, 3.05) is 21.2 Å². The van der Waals surface area contributed by atoms with Gasteiger partial charge in [0.05, 0.1) is 24.9 Å². The predicted octanol–water partition coefficient (Wildman–Crippen LogP) is 3.02. The molecule has 0 unspecified atom stereocenters. The standard InChI is InChI=1S/C23H28N4O2/c1-26(2)16-20-14-21(25-27(20)3)18-11-9-17(10-12-18)15-24-23(28)13-19-7-5-6-8-22(19)29-4/h5-12,14H,13,15-16H2,1-4H3,(H,24,28). The summed E-state index contributed by atoms with van der Waals surface area (Å²) in [5.74, 6) is 0.702. The summed E-state index contributed by atoms with van der Waals surface area (Å²) in [6.45, 7) is 1.34. The molecule has 29 heavy (non-hydrogen) atoms. The fourth-order valence-corrected chi connectivity index (χ4v) is 3.20.